The first-order valence-electron chi connectivity index (χ1n) is 5.48. The van der Waals surface area contributed by atoms with Crippen LogP contribution in [0.25, 0.3) is 0 Å². The fourth-order valence-electron chi connectivity index (χ4n) is 2.15. The Morgan fingerprint density at radius 1 is 1.60 bits per heavy atom. The Kier molecular flexibility index (Phi) is 4.11. The van der Waals surface area contributed by atoms with Gasteiger partial charge in [0.2, 0.25) is 5.91 Å². The fraction of sp³-hybridized carbons (Fsp3) is 0.909. The van der Waals surface area contributed by atoms with Crippen molar-refractivity contribution in [1.29, 1.82) is 0 Å². The minimum absolute atomic E-state index is 0.153. The van der Waals surface area contributed by atoms with Crippen molar-refractivity contribution in [3.05, 3.63) is 0 Å². The lowest BCUT2D eigenvalue weighted by atomic mass is 9.83. The van der Waals surface area contributed by atoms with Gasteiger partial charge in [-0.15, -0.1) is 0 Å². The van der Waals surface area contributed by atoms with Gasteiger partial charge in [-0.3, -0.25) is 4.79 Å². The first-order valence-corrected chi connectivity index (χ1v) is 5.48. The van der Waals surface area contributed by atoms with E-state index < -0.39 is 0 Å². The van der Waals surface area contributed by atoms with Crippen molar-refractivity contribution in [2.24, 2.45) is 17.1 Å². The number of carbonyl (C=O) groups is 1. The number of methoxy groups -OCH3 is 1. The molecule has 1 amide bonds. The lowest BCUT2D eigenvalue weighted by Gasteiger charge is -2.24. The molecule has 1 fully saturated rings. The molecular weight excluding hydrogens is 192 g/mol. The van der Waals surface area contributed by atoms with Crippen molar-refractivity contribution in [1.82, 2.24) is 4.90 Å². The first kappa shape index (κ1) is 12.5. The zero-order valence-corrected chi connectivity index (χ0v) is 9.95. The summed E-state index contributed by atoms with van der Waals surface area (Å²) in [6, 6.07) is 0. The van der Waals surface area contributed by atoms with Crippen molar-refractivity contribution in [2.75, 3.05) is 33.4 Å². The molecule has 0 aromatic carbocycles. The molecule has 0 aliphatic carbocycles. The van der Waals surface area contributed by atoms with Crippen LogP contribution in [0.5, 0.6) is 0 Å². The van der Waals surface area contributed by atoms with Crippen LogP contribution in [-0.4, -0.2) is 44.2 Å². The minimum Gasteiger partial charge on any atom is -0.384 e. The van der Waals surface area contributed by atoms with Crippen molar-refractivity contribution < 1.29 is 9.53 Å². The minimum atomic E-state index is 0.153. The maximum absolute atomic E-state index is 11.7. The molecule has 0 bridgehead atoms. The number of nitrogens with zero attached hydrogens (tertiary/aromatic N) is 1. The summed E-state index contributed by atoms with van der Waals surface area (Å²) in [6.07, 6.45) is 0.454. The van der Waals surface area contributed by atoms with E-state index in [0.29, 0.717) is 18.9 Å². The summed E-state index contributed by atoms with van der Waals surface area (Å²) in [7, 11) is 1.71. The van der Waals surface area contributed by atoms with Crippen molar-refractivity contribution >= 4 is 5.91 Å². The van der Waals surface area contributed by atoms with Gasteiger partial charge >= 0.3 is 0 Å². The normalized spacial score (nSPS) is 24.5. The highest BCUT2D eigenvalue weighted by Gasteiger charge is 2.40. The molecule has 0 aromatic rings. The molecule has 1 unspecified atom stereocenters. The summed E-state index contributed by atoms with van der Waals surface area (Å²) in [5.41, 5.74) is 5.54. The third-order valence-electron chi connectivity index (χ3n) is 3.22. The Morgan fingerprint density at radius 2 is 2.27 bits per heavy atom. The van der Waals surface area contributed by atoms with Crippen molar-refractivity contribution in [3.8, 4) is 0 Å². The van der Waals surface area contributed by atoms with Gasteiger partial charge in [0.1, 0.15) is 0 Å². The van der Waals surface area contributed by atoms with E-state index in [2.05, 4.69) is 13.8 Å². The highest BCUT2D eigenvalue weighted by atomic mass is 16.5. The van der Waals surface area contributed by atoms with Gasteiger partial charge in [0.25, 0.3) is 0 Å². The Bertz CT molecular complexity index is 229. The molecule has 1 saturated heterocycles. The van der Waals surface area contributed by atoms with Gasteiger partial charge in [-0.2, -0.15) is 0 Å². The number of nitrogens with two attached hydrogens (primary N) is 1. The van der Waals surface area contributed by atoms with Crippen LogP contribution in [0.3, 0.4) is 0 Å². The predicted molar refractivity (Wildman–Crippen MR) is 59.4 cm³/mol. The molecule has 0 radical (unpaired) electrons. The Balaban J connectivity index is 2.57. The maximum Gasteiger partial charge on any atom is 0.223 e. The fourth-order valence-corrected chi connectivity index (χ4v) is 2.15. The molecule has 1 aliphatic heterocycles. The van der Waals surface area contributed by atoms with E-state index in [1.54, 1.807) is 7.11 Å². The monoisotopic (exact) mass is 214 g/mol. The van der Waals surface area contributed by atoms with Crippen LogP contribution in [0.2, 0.25) is 0 Å². The second kappa shape index (κ2) is 4.94. The standard InChI is InChI=1S/C11H22N2O2/c1-11(2)8-13(10(14)4-5-12)6-9(11)7-15-3/h9H,4-8,12H2,1-3H3. The van der Waals surface area contributed by atoms with E-state index in [0.717, 1.165) is 19.7 Å². The van der Waals surface area contributed by atoms with E-state index in [9.17, 15) is 4.79 Å². The van der Waals surface area contributed by atoms with E-state index in [1.807, 2.05) is 4.90 Å². The summed E-state index contributed by atoms with van der Waals surface area (Å²) in [5.74, 6) is 0.605. The topological polar surface area (TPSA) is 55.6 Å². The van der Waals surface area contributed by atoms with Gasteiger partial charge in [0.05, 0.1) is 6.61 Å². The number of hydrogen-bond acceptors (Lipinski definition) is 3. The van der Waals surface area contributed by atoms with Gasteiger partial charge in [0, 0.05) is 39.1 Å². The Hall–Kier alpha value is -0.610. The summed E-state index contributed by atoms with van der Waals surface area (Å²) in [4.78, 5) is 13.6. The molecule has 15 heavy (non-hydrogen) atoms. The molecule has 1 aliphatic rings. The van der Waals surface area contributed by atoms with Crippen LogP contribution < -0.4 is 5.73 Å². The average molecular weight is 214 g/mol. The summed E-state index contributed by atoms with van der Waals surface area (Å²) < 4.78 is 5.19. The predicted octanol–water partition coefficient (Wildman–Crippen LogP) is 0.466. The number of hydrogen-bond donors (Lipinski definition) is 1. The zero-order valence-electron chi connectivity index (χ0n) is 9.95. The third kappa shape index (κ3) is 2.92. The summed E-state index contributed by atoms with van der Waals surface area (Å²) >= 11 is 0. The van der Waals surface area contributed by atoms with Crippen LogP contribution in [0.15, 0.2) is 0 Å². The molecule has 0 saturated carbocycles. The number of ether oxygens (including phenoxy) is 1. The molecule has 1 atom stereocenters. The molecule has 1 heterocycles. The quantitative estimate of drug-likeness (QED) is 0.740. The Morgan fingerprint density at radius 3 is 2.80 bits per heavy atom. The molecule has 2 N–H and O–H groups in total. The molecule has 88 valence electrons. The molecule has 1 rings (SSSR count). The summed E-state index contributed by atoms with van der Waals surface area (Å²) in [5, 5.41) is 0. The van der Waals surface area contributed by atoms with Crippen LogP contribution in [0.4, 0.5) is 0 Å². The highest BCUT2D eigenvalue weighted by molar-refractivity contribution is 5.76. The zero-order chi connectivity index (χ0) is 11.5. The van der Waals surface area contributed by atoms with Crippen molar-refractivity contribution in [2.45, 2.75) is 20.3 Å². The smallest absolute Gasteiger partial charge is 0.223 e. The van der Waals surface area contributed by atoms with Crippen LogP contribution >= 0.6 is 0 Å². The second-order valence-corrected chi connectivity index (χ2v) is 4.95. The van der Waals surface area contributed by atoms with Crippen molar-refractivity contribution in [3.63, 3.8) is 0 Å². The number of amides is 1. The third-order valence-corrected chi connectivity index (χ3v) is 3.22. The Labute approximate surface area is 91.8 Å². The second-order valence-electron chi connectivity index (χ2n) is 4.95. The summed E-state index contributed by atoms with van der Waals surface area (Å²) in [6.45, 7) is 7.16. The van der Waals surface area contributed by atoms with Crippen LogP contribution in [0.1, 0.15) is 20.3 Å². The van der Waals surface area contributed by atoms with Gasteiger partial charge < -0.3 is 15.4 Å². The molecule has 4 heteroatoms. The lowest BCUT2D eigenvalue weighted by Crippen LogP contribution is -2.31. The first-order chi connectivity index (χ1) is 7.01. The van der Waals surface area contributed by atoms with E-state index >= 15 is 0 Å². The average Bonchev–Trinajstić information content (AvgIpc) is 2.44. The molecule has 0 spiro atoms. The number of rotatable bonds is 4. The van der Waals surface area contributed by atoms with Crippen LogP contribution in [-0.2, 0) is 9.53 Å². The SMILES string of the molecule is COCC1CN(C(=O)CCN)CC1(C)C. The largest absolute Gasteiger partial charge is 0.384 e. The highest BCUT2D eigenvalue weighted by Crippen LogP contribution is 2.35. The van der Waals surface area contributed by atoms with Gasteiger partial charge in [0.15, 0.2) is 0 Å². The van der Waals surface area contributed by atoms with Gasteiger partial charge in [-0.25, -0.2) is 0 Å². The molecule has 0 aromatic heterocycles. The number of carbonyl (C=O) groups excluding carboxylic acids is 1. The lowest BCUT2D eigenvalue weighted by molar-refractivity contribution is -0.130. The van der Waals surface area contributed by atoms with E-state index in [-0.39, 0.29) is 11.3 Å². The van der Waals surface area contributed by atoms with Gasteiger partial charge in [-0.1, -0.05) is 13.8 Å². The maximum atomic E-state index is 11.7. The van der Waals surface area contributed by atoms with Crippen LogP contribution in [0, 0.1) is 11.3 Å². The van der Waals surface area contributed by atoms with E-state index in [1.165, 1.54) is 0 Å². The number of likely N-dealkylation sites (tertiary alicyclic amines) is 1. The molecule has 4 nitrogen and oxygen atoms in total. The molecular formula is C11H22N2O2. The van der Waals surface area contributed by atoms with E-state index in [4.69, 9.17) is 10.5 Å². The van der Waals surface area contributed by atoms with Gasteiger partial charge in [-0.05, 0) is 5.41 Å².